The predicted octanol–water partition coefficient (Wildman–Crippen LogP) is 0.723. The Morgan fingerprint density at radius 1 is 1.42 bits per heavy atom. The van der Waals surface area contributed by atoms with Crippen molar-refractivity contribution in [1.29, 1.82) is 0 Å². The van der Waals surface area contributed by atoms with Gasteiger partial charge in [-0.15, -0.1) is 0 Å². The van der Waals surface area contributed by atoms with Crippen LogP contribution in [-0.4, -0.2) is 31.1 Å². The molecule has 12 heavy (non-hydrogen) atoms. The smallest absolute Gasteiger partial charge is 0.227 e. The van der Waals surface area contributed by atoms with Gasteiger partial charge in [0.05, 0.1) is 0 Å². The summed E-state index contributed by atoms with van der Waals surface area (Å²) in [7, 11) is 5.23. The Morgan fingerprint density at radius 3 is 2.58 bits per heavy atom. The van der Waals surface area contributed by atoms with E-state index in [2.05, 4.69) is 15.3 Å². The molecule has 0 spiro atoms. The van der Waals surface area contributed by atoms with E-state index in [4.69, 9.17) is 0 Å². The molecule has 0 amide bonds. The van der Waals surface area contributed by atoms with Crippen molar-refractivity contribution >= 4 is 11.8 Å². The van der Waals surface area contributed by atoms with E-state index in [1.807, 2.05) is 0 Å². The summed E-state index contributed by atoms with van der Waals surface area (Å²) in [6.07, 6.45) is 0. The molecule has 1 aromatic heterocycles. The van der Waals surface area contributed by atoms with E-state index in [0.29, 0.717) is 11.8 Å². The minimum Gasteiger partial charge on any atom is -0.362 e. The number of nitrogens with zero attached hydrogens (tertiary/aromatic N) is 3. The first-order chi connectivity index (χ1) is 5.63. The maximum atomic E-state index is 12.8. The van der Waals surface area contributed by atoms with Crippen LogP contribution in [0.1, 0.15) is 0 Å². The lowest BCUT2D eigenvalue weighted by Crippen LogP contribution is -2.12. The maximum absolute atomic E-state index is 12.8. The lowest BCUT2D eigenvalue weighted by molar-refractivity contribution is 0.581. The molecular formula is C7H11FN4. The van der Waals surface area contributed by atoms with Crippen LogP contribution in [0.25, 0.3) is 0 Å². The molecule has 1 rings (SSSR count). The zero-order chi connectivity index (χ0) is 9.14. The second-order valence-electron chi connectivity index (χ2n) is 2.52. The quantitative estimate of drug-likeness (QED) is 0.664. The fourth-order valence-electron chi connectivity index (χ4n) is 0.747. The van der Waals surface area contributed by atoms with Gasteiger partial charge >= 0.3 is 0 Å². The van der Waals surface area contributed by atoms with Gasteiger partial charge in [-0.1, -0.05) is 0 Å². The Balaban J connectivity index is 3.06. The highest BCUT2D eigenvalue weighted by Gasteiger charge is 2.03. The van der Waals surface area contributed by atoms with Crippen molar-refractivity contribution < 1.29 is 4.39 Å². The zero-order valence-electron chi connectivity index (χ0n) is 7.30. The monoisotopic (exact) mass is 170 g/mol. The summed E-state index contributed by atoms with van der Waals surface area (Å²) in [4.78, 5) is 9.25. The third-order valence-electron chi connectivity index (χ3n) is 1.36. The lowest BCUT2D eigenvalue weighted by Gasteiger charge is -2.11. The van der Waals surface area contributed by atoms with Gasteiger partial charge in [-0.3, -0.25) is 0 Å². The molecule has 0 aliphatic carbocycles. The van der Waals surface area contributed by atoms with Crippen molar-refractivity contribution in [2.24, 2.45) is 0 Å². The van der Waals surface area contributed by atoms with Crippen LogP contribution in [-0.2, 0) is 0 Å². The minimum atomic E-state index is -0.530. The summed E-state index contributed by atoms with van der Waals surface area (Å²) < 4.78 is 12.8. The molecule has 1 aromatic rings. The van der Waals surface area contributed by atoms with E-state index in [9.17, 15) is 4.39 Å². The standard InChI is InChI=1S/C7H11FN4/c1-9-7-10-5(8)4-6(11-7)12(2)3/h4H,1-3H3,(H,9,10,11). The average Bonchev–Trinajstić information content (AvgIpc) is 2.03. The molecule has 0 saturated carbocycles. The van der Waals surface area contributed by atoms with Gasteiger partial charge in [-0.2, -0.15) is 14.4 Å². The first-order valence-corrected chi connectivity index (χ1v) is 3.53. The van der Waals surface area contributed by atoms with E-state index in [-0.39, 0.29) is 0 Å². The number of rotatable bonds is 2. The molecule has 0 aliphatic heterocycles. The minimum absolute atomic E-state index is 0.290. The number of hydrogen-bond acceptors (Lipinski definition) is 4. The maximum Gasteiger partial charge on any atom is 0.227 e. The highest BCUT2D eigenvalue weighted by atomic mass is 19.1. The Bertz CT molecular complexity index is 274. The van der Waals surface area contributed by atoms with Crippen LogP contribution in [0, 0.1) is 5.95 Å². The van der Waals surface area contributed by atoms with Gasteiger partial charge in [-0.05, 0) is 0 Å². The van der Waals surface area contributed by atoms with E-state index in [1.165, 1.54) is 6.07 Å². The topological polar surface area (TPSA) is 41.1 Å². The fraction of sp³-hybridized carbons (Fsp3) is 0.429. The summed E-state index contributed by atoms with van der Waals surface area (Å²) >= 11 is 0. The Hall–Kier alpha value is -1.39. The Kier molecular flexibility index (Phi) is 2.42. The molecule has 0 aliphatic rings. The molecule has 0 bridgehead atoms. The molecule has 5 heteroatoms. The zero-order valence-corrected chi connectivity index (χ0v) is 7.30. The van der Waals surface area contributed by atoms with E-state index < -0.39 is 5.95 Å². The summed E-state index contributed by atoms with van der Waals surface area (Å²) in [5, 5.41) is 2.67. The van der Waals surface area contributed by atoms with Gasteiger partial charge in [0.25, 0.3) is 0 Å². The fourth-order valence-corrected chi connectivity index (χ4v) is 0.747. The van der Waals surface area contributed by atoms with Gasteiger partial charge in [0.2, 0.25) is 11.9 Å². The SMILES string of the molecule is CNc1nc(F)cc(N(C)C)n1. The van der Waals surface area contributed by atoms with Gasteiger partial charge in [0.1, 0.15) is 5.82 Å². The molecule has 0 fully saturated rings. The van der Waals surface area contributed by atoms with Crippen LogP contribution in [0.4, 0.5) is 16.2 Å². The van der Waals surface area contributed by atoms with Crippen molar-refractivity contribution in [2.45, 2.75) is 0 Å². The predicted molar refractivity (Wildman–Crippen MR) is 45.9 cm³/mol. The van der Waals surface area contributed by atoms with E-state index in [1.54, 1.807) is 26.0 Å². The highest BCUT2D eigenvalue weighted by molar-refractivity contribution is 5.40. The molecular weight excluding hydrogens is 159 g/mol. The lowest BCUT2D eigenvalue weighted by atomic mass is 10.5. The van der Waals surface area contributed by atoms with Crippen LogP contribution in [0.5, 0.6) is 0 Å². The van der Waals surface area contributed by atoms with Crippen LogP contribution in [0.15, 0.2) is 6.07 Å². The molecule has 1 heterocycles. The number of anilines is 2. The summed E-state index contributed by atoms with van der Waals surface area (Å²) in [6.45, 7) is 0. The Labute approximate surface area is 70.4 Å². The van der Waals surface area contributed by atoms with Gasteiger partial charge < -0.3 is 10.2 Å². The van der Waals surface area contributed by atoms with Gasteiger partial charge in [-0.25, -0.2) is 0 Å². The van der Waals surface area contributed by atoms with Crippen molar-refractivity contribution in [1.82, 2.24) is 9.97 Å². The van der Waals surface area contributed by atoms with Crippen LogP contribution in [0.3, 0.4) is 0 Å². The summed E-state index contributed by atoms with van der Waals surface area (Å²) in [6, 6.07) is 1.28. The number of halogens is 1. The molecule has 0 saturated heterocycles. The van der Waals surface area contributed by atoms with Gasteiger partial charge in [0, 0.05) is 27.2 Å². The molecule has 0 unspecified atom stereocenters. The first kappa shape index (κ1) is 8.70. The van der Waals surface area contributed by atoms with E-state index >= 15 is 0 Å². The molecule has 0 radical (unpaired) electrons. The molecule has 0 aromatic carbocycles. The second-order valence-corrected chi connectivity index (χ2v) is 2.52. The van der Waals surface area contributed by atoms with Crippen LogP contribution >= 0.6 is 0 Å². The van der Waals surface area contributed by atoms with Crippen molar-refractivity contribution in [3.05, 3.63) is 12.0 Å². The molecule has 66 valence electrons. The number of hydrogen-bond donors (Lipinski definition) is 1. The molecule has 1 N–H and O–H groups in total. The largest absolute Gasteiger partial charge is 0.362 e. The van der Waals surface area contributed by atoms with Crippen molar-refractivity contribution in [2.75, 3.05) is 31.4 Å². The summed E-state index contributed by atoms with van der Waals surface area (Å²) in [5.74, 6) is 0.309. The second kappa shape index (κ2) is 3.34. The van der Waals surface area contributed by atoms with Crippen LogP contribution < -0.4 is 10.2 Å². The third kappa shape index (κ3) is 1.81. The highest BCUT2D eigenvalue weighted by Crippen LogP contribution is 2.10. The average molecular weight is 170 g/mol. The third-order valence-corrected chi connectivity index (χ3v) is 1.36. The van der Waals surface area contributed by atoms with Crippen molar-refractivity contribution in [3.8, 4) is 0 Å². The van der Waals surface area contributed by atoms with E-state index in [0.717, 1.165) is 0 Å². The number of nitrogens with one attached hydrogen (secondary N) is 1. The van der Waals surface area contributed by atoms with Crippen LogP contribution in [0.2, 0.25) is 0 Å². The summed E-state index contributed by atoms with van der Waals surface area (Å²) in [5.41, 5.74) is 0. The van der Waals surface area contributed by atoms with Crippen molar-refractivity contribution in [3.63, 3.8) is 0 Å². The van der Waals surface area contributed by atoms with Gasteiger partial charge in [0.15, 0.2) is 0 Å². The molecule has 0 atom stereocenters. The number of aromatic nitrogens is 2. The molecule has 4 nitrogen and oxygen atoms in total. The Morgan fingerprint density at radius 2 is 2.08 bits per heavy atom. The normalized spacial score (nSPS) is 9.67. The first-order valence-electron chi connectivity index (χ1n) is 3.53.